The Morgan fingerprint density at radius 1 is 1.16 bits per heavy atom. The normalized spacial score (nSPS) is 10.6. The standard InChI is InChI=1S/C15H15FN2O/c1-19-15-5-3-2-4-13(15)11-18-17-10-12-6-8-14(16)9-7-12/h2-10,18H,11H2,1H3/b17-10+. The summed E-state index contributed by atoms with van der Waals surface area (Å²) in [4.78, 5) is 0. The third-order valence-electron chi connectivity index (χ3n) is 2.64. The van der Waals surface area contributed by atoms with Crippen LogP contribution in [-0.4, -0.2) is 13.3 Å². The van der Waals surface area contributed by atoms with E-state index in [1.165, 1.54) is 12.1 Å². The molecule has 0 aromatic heterocycles. The van der Waals surface area contributed by atoms with Gasteiger partial charge in [0.25, 0.3) is 0 Å². The fraction of sp³-hybridized carbons (Fsp3) is 0.133. The van der Waals surface area contributed by atoms with Gasteiger partial charge in [0.15, 0.2) is 0 Å². The maximum absolute atomic E-state index is 12.7. The van der Waals surface area contributed by atoms with Crippen molar-refractivity contribution in [1.82, 2.24) is 5.43 Å². The van der Waals surface area contributed by atoms with E-state index in [0.29, 0.717) is 6.54 Å². The number of ether oxygens (including phenoxy) is 1. The number of rotatable bonds is 5. The number of methoxy groups -OCH3 is 1. The molecule has 4 heteroatoms. The van der Waals surface area contributed by atoms with Gasteiger partial charge in [0, 0.05) is 5.56 Å². The van der Waals surface area contributed by atoms with Gasteiger partial charge in [0.2, 0.25) is 0 Å². The topological polar surface area (TPSA) is 33.6 Å². The van der Waals surface area contributed by atoms with Crippen LogP contribution in [0.4, 0.5) is 4.39 Å². The number of hydrogen-bond acceptors (Lipinski definition) is 3. The van der Waals surface area contributed by atoms with Crippen molar-refractivity contribution in [2.24, 2.45) is 5.10 Å². The lowest BCUT2D eigenvalue weighted by atomic mass is 10.2. The molecule has 0 atom stereocenters. The summed E-state index contributed by atoms with van der Waals surface area (Å²) in [6.07, 6.45) is 1.65. The summed E-state index contributed by atoms with van der Waals surface area (Å²) in [5.41, 5.74) is 4.81. The first kappa shape index (κ1) is 13.1. The molecule has 0 amide bonds. The summed E-state index contributed by atoms with van der Waals surface area (Å²) >= 11 is 0. The lowest BCUT2D eigenvalue weighted by Crippen LogP contribution is -2.06. The van der Waals surface area contributed by atoms with E-state index in [9.17, 15) is 4.39 Å². The molecule has 1 N–H and O–H groups in total. The quantitative estimate of drug-likeness (QED) is 0.660. The maximum atomic E-state index is 12.7. The smallest absolute Gasteiger partial charge is 0.123 e. The Morgan fingerprint density at radius 3 is 2.63 bits per heavy atom. The number of hydrogen-bond donors (Lipinski definition) is 1. The summed E-state index contributed by atoms with van der Waals surface area (Å²) in [6, 6.07) is 13.9. The Hall–Kier alpha value is -2.36. The van der Waals surface area contributed by atoms with Crippen molar-refractivity contribution >= 4 is 6.21 Å². The van der Waals surface area contributed by atoms with E-state index in [0.717, 1.165) is 16.9 Å². The second-order valence-electron chi connectivity index (χ2n) is 3.96. The highest BCUT2D eigenvalue weighted by Crippen LogP contribution is 2.16. The minimum absolute atomic E-state index is 0.251. The Morgan fingerprint density at radius 2 is 1.89 bits per heavy atom. The van der Waals surface area contributed by atoms with Gasteiger partial charge in [-0.1, -0.05) is 30.3 Å². The molecule has 0 heterocycles. The fourth-order valence-corrected chi connectivity index (χ4v) is 1.65. The highest BCUT2D eigenvalue weighted by atomic mass is 19.1. The van der Waals surface area contributed by atoms with Gasteiger partial charge in [-0.3, -0.25) is 0 Å². The molecule has 3 nitrogen and oxygen atoms in total. The van der Waals surface area contributed by atoms with Crippen LogP contribution in [0.25, 0.3) is 0 Å². The molecular formula is C15H15FN2O. The first-order chi connectivity index (χ1) is 9.29. The van der Waals surface area contributed by atoms with E-state index in [2.05, 4.69) is 10.5 Å². The molecule has 2 aromatic carbocycles. The van der Waals surface area contributed by atoms with Gasteiger partial charge in [-0.05, 0) is 23.8 Å². The molecule has 98 valence electrons. The molecule has 2 rings (SSSR count). The lowest BCUT2D eigenvalue weighted by molar-refractivity contribution is 0.408. The third kappa shape index (κ3) is 3.81. The molecule has 0 spiro atoms. The molecule has 0 aliphatic heterocycles. The predicted octanol–water partition coefficient (Wildman–Crippen LogP) is 2.96. The van der Waals surface area contributed by atoms with Crippen LogP contribution in [-0.2, 0) is 6.54 Å². The Balaban J connectivity index is 1.91. The van der Waals surface area contributed by atoms with Crippen LogP contribution < -0.4 is 10.2 Å². The third-order valence-corrected chi connectivity index (χ3v) is 2.64. The average molecular weight is 258 g/mol. The van der Waals surface area contributed by atoms with Crippen molar-refractivity contribution in [1.29, 1.82) is 0 Å². The summed E-state index contributed by atoms with van der Waals surface area (Å²) in [5, 5.41) is 4.09. The zero-order valence-corrected chi connectivity index (χ0v) is 10.6. The zero-order valence-electron chi connectivity index (χ0n) is 10.6. The molecule has 0 fully saturated rings. The summed E-state index contributed by atoms with van der Waals surface area (Å²) in [7, 11) is 1.64. The maximum Gasteiger partial charge on any atom is 0.123 e. The molecule has 0 saturated heterocycles. The minimum atomic E-state index is -0.251. The van der Waals surface area contributed by atoms with E-state index in [4.69, 9.17) is 4.74 Å². The predicted molar refractivity (Wildman–Crippen MR) is 73.8 cm³/mol. The fourth-order valence-electron chi connectivity index (χ4n) is 1.65. The van der Waals surface area contributed by atoms with Crippen molar-refractivity contribution in [3.63, 3.8) is 0 Å². The molecular weight excluding hydrogens is 243 g/mol. The van der Waals surface area contributed by atoms with Crippen LogP contribution in [0.15, 0.2) is 53.6 Å². The second kappa shape index (κ2) is 6.54. The van der Waals surface area contributed by atoms with E-state index < -0.39 is 0 Å². The second-order valence-corrected chi connectivity index (χ2v) is 3.96. The SMILES string of the molecule is COc1ccccc1CN/N=C/c1ccc(F)cc1. The van der Waals surface area contributed by atoms with Gasteiger partial charge < -0.3 is 10.2 Å². The number of hydrazone groups is 1. The van der Waals surface area contributed by atoms with Crippen molar-refractivity contribution in [2.75, 3.05) is 7.11 Å². The van der Waals surface area contributed by atoms with E-state index in [-0.39, 0.29) is 5.82 Å². The van der Waals surface area contributed by atoms with Gasteiger partial charge in [-0.25, -0.2) is 4.39 Å². The summed E-state index contributed by atoms with van der Waals surface area (Å²) < 4.78 is 17.9. The number of halogens is 1. The number of nitrogens with one attached hydrogen (secondary N) is 1. The minimum Gasteiger partial charge on any atom is -0.496 e. The van der Waals surface area contributed by atoms with Crippen LogP contribution in [0.3, 0.4) is 0 Å². The average Bonchev–Trinajstić information content (AvgIpc) is 2.46. The van der Waals surface area contributed by atoms with Gasteiger partial charge >= 0.3 is 0 Å². The molecule has 0 radical (unpaired) electrons. The molecule has 19 heavy (non-hydrogen) atoms. The van der Waals surface area contributed by atoms with Crippen LogP contribution >= 0.6 is 0 Å². The zero-order chi connectivity index (χ0) is 13.5. The lowest BCUT2D eigenvalue weighted by Gasteiger charge is -2.07. The number of benzene rings is 2. The first-order valence-corrected chi connectivity index (χ1v) is 5.93. The number of para-hydroxylation sites is 1. The van der Waals surface area contributed by atoms with Crippen LogP contribution in [0, 0.1) is 5.82 Å². The Bertz CT molecular complexity index is 552. The monoisotopic (exact) mass is 258 g/mol. The van der Waals surface area contributed by atoms with Crippen molar-refractivity contribution in [3.8, 4) is 5.75 Å². The first-order valence-electron chi connectivity index (χ1n) is 5.93. The van der Waals surface area contributed by atoms with Gasteiger partial charge in [-0.2, -0.15) is 5.10 Å². The van der Waals surface area contributed by atoms with Crippen LogP contribution in [0.5, 0.6) is 5.75 Å². The Kier molecular flexibility index (Phi) is 4.50. The van der Waals surface area contributed by atoms with E-state index >= 15 is 0 Å². The van der Waals surface area contributed by atoms with Crippen molar-refractivity contribution < 1.29 is 9.13 Å². The summed E-state index contributed by atoms with van der Waals surface area (Å²) in [6.45, 7) is 0.571. The molecule has 0 aliphatic carbocycles. The highest BCUT2D eigenvalue weighted by molar-refractivity contribution is 5.79. The Labute approximate surface area is 111 Å². The molecule has 0 saturated carbocycles. The molecule has 0 bridgehead atoms. The van der Waals surface area contributed by atoms with Gasteiger partial charge in [0.05, 0.1) is 19.9 Å². The molecule has 0 aliphatic rings. The number of nitrogens with zero attached hydrogens (tertiary/aromatic N) is 1. The molecule has 2 aromatic rings. The van der Waals surface area contributed by atoms with Crippen molar-refractivity contribution in [2.45, 2.75) is 6.54 Å². The largest absolute Gasteiger partial charge is 0.496 e. The van der Waals surface area contributed by atoms with E-state index in [1.54, 1.807) is 25.5 Å². The van der Waals surface area contributed by atoms with E-state index in [1.807, 2.05) is 24.3 Å². The van der Waals surface area contributed by atoms with Crippen LogP contribution in [0.1, 0.15) is 11.1 Å². The van der Waals surface area contributed by atoms with Crippen LogP contribution in [0.2, 0.25) is 0 Å². The summed E-state index contributed by atoms with van der Waals surface area (Å²) in [5.74, 6) is 0.575. The van der Waals surface area contributed by atoms with Gasteiger partial charge in [-0.15, -0.1) is 0 Å². The highest BCUT2D eigenvalue weighted by Gasteiger charge is 1.99. The molecule has 0 unspecified atom stereocenters. The van der Waals surface area contributed by atoms with Gasteiger partial charge in [0.1, 0.15) is 11.6 Å². The van der Waals surface area contributed by atoms with Crippen molar-refractivity contribution in [3.05, 3.63) is 65.5 Å².